The molecule has 1 heterocycles. The van der Waals surface area contributed by atoms with Gasteiger partial charge in [-0.25, -0.2) is 4.98 Å². The lowest BCUT2D eigenvalue weighted by Gasteiger charge is -1.94. The van der Waals surface area contributed by atoms with Gasteiger partial charge in [0.2, 0.25) is 11.9 Å². The fraction of sp³-hybridized carbons (Fsp3) is 0.143. The molecule has 1 rings (SSSR count). The monoisotopic (exact) mass is 154 g/mol. The number of aromatic nitrogens is 1. The maximum Gasteiger partial charge on any atom is 0.221 e. The molecule has 0 saturated heterocycles. The molecule has 1 aromatic heterocycles. The van der Waals surface area contributed by atoms with Crippen LogP contribution in [-0.2, 0) is 11.2 Å². The van der Waals surface area contributed by atoms with Gasteiger partial charge < -0.3 is 5.73 Å². The second-order valence-corrected chi connectivity index (χ2v) is 2.13. The van der Waals surface area contributed by atoms with Gasteiger partial charge in [0, 0.05) is 6.20 Å². The fourth-order valence-electron chi connectivity index (χ4n) is 0.712. The summed E-state index contributed by atoms with van der Waals surface area (Å²) < 4.78 is 12.2. The first-order valence-corrected chi connectivity index (χ1v) is 3.07. The Labute approximate surface area is 63.0 Å². The summed E-state index contributed by atoms with van der Waals surface area (Å²) in [5.74, 6) is -1.00. The summed E-state index contributed by atoms with van der Waals surface area (Å²) in [7, 11) is 0. The number of rotatable bonds is 2. The highest BCUT2D eigenvalue weighted by Gasteiger charge is 1.98. The topological polar surface area (TPSA) is 56.0 Å². The van der Waals surface area contributed by atoms with Gasteiger partial charge in [0.15, 0.2) is 0 Å². The standard InChI is InChI=1S/C7H7FN2O/c8-6-2-1-5(4-10-6)3-7(9)11/h1-2,4H,3H2,(H2,9,11). The van der Waals surface area contributed by atoms with Crippen molar-refractivity contribution in [2.75, 3.05) is 0 Å². The van der Waals surface area contributed by atoms with E-state index in [0.717, 1.165) is 0 Å². The zero-order chi connectivity index (χ0) is 8.27. The number of pyridine rings is 1. The largest absolute Gasteiger partial charge is 0.369 e. The Kier molecular flexibility index (Phi) is 2.15. The molecule has 3 nitrogen and oxygen atoms in total. The van der Waals surface area contributed by atoms with Gasteiger partial charge in [-0.15, -0.1) is 0 Å². The maximum absolute atomic E-state index is 12.2. The normalized spacial score (nSPS) is 9.55. The first-order chi connectivity index (χ1) is 5.18. The van der Waals surface area contributed by atoms with E-state index in [4.69, 9.17) is 5.73 Å². The Morgan fingerprint density at radius 2 is 2.36 bits per heavy atom. The molecule has 0 spiro atoms. The van der Waals surface area contributed by atoms with E-state index in [2.05, 4.69) is 4.98 Å². The van der Waals surface area contributed by atoms with Gasteiger partial charge in [-0.2, -0.15) is 4.39 Å². The summed E-state index contributed by atoms with van der Waals surface area (Å²) in [5, 5.41) is 0. The molecule has 11 heavy (non-hydrogen) atoms. The summed E-state index contributed by atoms with van der Waals surface area (Å²) in [4.78, 5) is 13.7. The first kappa shape index (κ1) is 7.65. The van der Waals surface area contributed by atoms with Crippen LogP contribution in [0.4, 0.5) is 4.39 Å². The quantitative estimate of drug-likeness (QED) is 0.620. The number of nitrogens with zero attached hydrogens (tertiary/aromatic N) is 1. The lowest BCUT2D eigenvalue weighted by Crippen LogP contribution is -2.13. The molecule has 0 saturated carbocycles. The predicted octanol–water partition coefficient (Wildman–Crippen LogP) is 0.248. The van der Waals surface area contributed by atoms with Gasteiger partial charge >= 0.3 is 0 Å². The Balaban J connectivity index is 2.74. The van der Waals surface area contributed by atoms with Crippen LogP contribution in [0.5, 0.6) is 0 Å². The number of amides is 1. The van der Waals surface area contributed by atoms with Gasteiger partial charge in [-0.1, -0.05) is 6.07 Å². The van der Waals surface area contributed by atoms with Crippen LogP contribution < -0.4 is 5.73 Å². The van der Waals surface area contributed by atoms with E-state index in [9.17, 15) is 9.18 Å². The van der Waals surface area contributed by atoms with Crippen LogP contribution in [0.25, 0.3) is 0 Å². The van der Waals surface area contributed by atoms with Gasteiger partial charge in [-0.3, -0.25) is 4.79 Å². The second-order valence-electron chi connectivity index (χ2n) is 2.13. The van der Waals surface area contributed by atoms with Gasteiger partial charge in [0.1, 0.15) is 0 Å². The molecule has 1 aromatic rings. The van der Waals surface area contributed by atoms with Crippen LogP contribution in [0.3, 0.4) is 0 Å². The van der Waals surface area contributed by atoms with Crippen LogP contribution >= 0.6 is 0 Å². The average molecular weight is 154 g/mol. The number of carbonyl (C=O) groups is 1. The number of nitrogens with two attached hydrogens (primary N) is 1. The third kappa shape index (κ3) is 2.33. The molecule has 0 aliphatic rings. The molecule has 58 valence electrons. The molecule has 0 aliphatic carbocycles. The zero-order valence-corrected chi connectivity index (χ0v) is 5.75. The van der Waals surface area contributed by atoms with Crippen LogP contribution in [-0.4, -0.2) is 10.9 Å². The van der Waals surface area contributed by atoms with E-state index in [0.29, 0.717) is 5.56 Å². The highest BCUT2D eigenvalue weighted by Crippen LogP contribution is 1.98. The van der Waals surface area contributed by atoms with E-state index in [1.807, 2.05) is 0 Å². The van der Waals surface area contributed by atoms with Crippen molar-refractivity contribution in [2.45, 2.75) is 6.42 Å². The Morgan fingerprint density at radius 3 is 2.82 bits per heavy atom. The van der Waals surface area contributed by atoms with Crippen molar-refractivity contribution in [3.63, 3.8) is 0 Å². The minimum Gasteiger partial charge on any atom is -0.369 e. The number of carbonyl (C=O) groups excluding carboxylic acids is 1. The van der Waals surface area contributed by atoms with E-state index in [1.165, 1.54) is 18.3 Å². The molecule has 0 bridgehead atoms. The molecule has 4 heteroatoms. The van der Waals surface area contributed by atoms with Crippen LogP contribution in [0.2, 0.25) is 0 Å². The minimum absolute atomic E-state index is 0.104. The molecule has 0 aromatic carbocycles. The highest BCUT2D eigenvalue weighted by molar-refractivity contribution is 5.76. The Bertz CT molecular complexity index is 258. The molecule has 1 amide bonds. The van der Waals surface area contributed by atoms with E-state index in [-0.39, 0.29) is 6.42 Å². The third-order valence-corrected chi connectivity index (χ3v) is 1.17. The molecule has 0 aliphatic heterocycles. The van der Waals surface area contributed by atoms with Crippen LogP contribution in [0.1, 0.15) is 5.56 Å². The molecule has 0 unspecified atom stereocenters. The summed E-state index contributed by atoms with van der Waals surface area (Å²) in [6, 6.07) is 2.67. The number of primary amides is 1. The molecular formula is C7H7FN2O. The smallest absolute Gasteiger partial charge is 0.221 e. The summed E-state index contributed by atoms with van der Waals surface area (Å²) >= 11 is 0. The minimum atomic E-state index is -0.557. The number of hydrogen-bond donors (Lipinski definition) is 1. The van der Waals surface area contributed by atoms with E-state index >= 15 is 0 Å². The van der Waals surface area contributed by atoms with Crippen molar-refractivity contribution in [1.82, 2.24) is 4.98 Å². The fourth-order valence-corrected chi connectivity index (χ4v) is 0.712. The lowest BCUT2D eigenvalue weighted by atomic mass is 10.2. The van der Waals surface area contributed by atoms with Crippen LogP contribution in [0, 0.1) is 5.95 Å². The van der Waals surface area contributed by atoms with Crippen molar-refractivity contribution >= 4 is 5.91 Å². The van der Waals surface area contributed by atoms with Gasteiger partial charge in [0.25, 0.3) is 0 Å². The van der Waals surface area contributed by atoms with Crippen molar-refractivity contribution in [3.8, 4) is 0 Å². The third-order valence-electron chi connectivity index (χ3n) is 1.17. The lowest BCUT2D eigenvalue weighted by molar-refractivity contribution is -0.117. The van der Waals surface area contributed by atoms with Crippen molar-refractivity contribution in [3.05, 3.63) is 29.8 Å². The SMILES string of the molecule is NC(=O)Cc1ccc(F)nc1. The molecule has 2 N–H and O–H groups in total. The number of halogens is 1. The Hall–Kier alpha value is -1.45. The van der Waals surface area contributed by atoms with Crippen molar-refractivity contribution in [1.29, 1.82) is 0 Å². The second kappa shape index (κ2) is 3.09. The van der Waals surface area contributed by atoms with Crippen LogP contribution in [0.15, 0.2) is 18.3 Å². The Morgan fingerprint density at radius 1 is 1.64 bits per heavy atom. The van der Waals surface area contributed by atoms with Crippen molar-refractivity contribution < 1.29 is 9.18 Å². The number of hydrogen-bond acceptors (Lipinski definition) is 2. The van der Waals surface area contributed by atoms with Crippen molar-refractivity contribution in [2.24, 2.45) is 5.73 Å². The zero-order valence-electron chi connectivity index (χ0n) is 5.75. The summed E-state index contributed by atoms with van der Waals surface area (Å²) in [6.45, 7) is 0. The average Bonchev–Trinajstić information content (AvgIpc) is 1.93. The molecule has 0 radical (unpaired) electrons. The van der Waals surface area contributed by atoms with E-state index < -0.39 is 11.9 Å². The highest BCUT2D eigenvalue weighted by atomic mass is 19.1. The summed E-state index contributed by atoms with van der Waals surface area (Å²) in [5.41, 5.74) is 5.53. The summed E-state index contributed by atoms with van der Waals surface area (Å²) in [6.07, 6.45) is 1.40. The maximum atomic E-state index is 12.2. The molecular weight excluding hydrogens is 147 g/mol. The van der Waals surface area contributed by atoms with Gasteiger partial charge in [0.05, 0.1) is 6.42 Å². The molecule has 0 fully saturated rings. The predicted molar refractivity (Wildman–Crippen MR) is 37.1 cm³/mol. The van der Waals surface area contributed by atoms with E-state index in [1.54, 1.807) is 0 Å². The van der Waals surface area contributed by atoms with Gasteiger partial charge in [-0.05, 0) is 11.6 Å². The molecule has 0 atom stereocenters. The first-order valence-electron chi connectivity index (χ1n) is 3.07.